The Morgan fingerprint density at radius 1 is 1.13 bits per heavy atom. The molecule has 0 aliphatic heterocycles. The zero-order valence-corrected chi connectivity index (χ0v) is 8.74. The van der Waals surface area contributed by atoms with Gasteiger partial charge in [-0.3, -0.25) is 9.53 Å². The maximum Gasteiger partial charge on any atom is 0.522 e. The number of carbonyl (C=O) groups is 1. The molecule has 0 heterocycles. The molecule has 0 bridgehead atoms. The van der Waals surface area contributed by atoms with Crippen LogP contribution in [-0.4, -0.2) is 18.9 Å². The van der Waals surface area contributed by atoms with Crippen LogP contribution in [0.3, 0.4) is 0 Å². The van der Waals surface area contributed by atoms with Crippen LogP contribution in [-0.2, 0) is 13.8 Å². The summed E-state index contributed by atoms with van der Waals surface area (Å²) in [5.41, 5.74) is 0. The summed E-state index contributed by atoms with van der Waals surface area (Å²) in [6, 6.07) is 0. The van der Waals surface area contributed by atoms with Crippen LogP contribution in [0.4, 0.5) is 13.2 Å². The van der Waals surface area contributed by atoms with Crippen LogP contribution >= 0.6 is 11.9 Å². The van der Waals surface area contributed by atoms with Crippen molar-refractivity contribution in [3.05, 3.63) is 0 Å². The highest BCUT2D eigenvalue weighted by Crippen LogP contribution is 2.16. The largest absolute Gasteiger partial charge is 0.522 e. The molecule has 0 aromatic rings. The van der Waals surface area contributed by atoms with Gasteiger partial charge < -0.3 is 4.29 Å². The van der Waals surface area contributed by atoms with Gasteiger partial charge in [0.1, 0.15) is 11.9 Å². The van der Waals surface area contributed by atoms with Crippen molar-refractivity contribution >= 4 is 17.8 Å². The lowest BCUT2D eigenvalue weighted by atomic mass is 10.1. The molecule has 0 N–H and O–H groups in total. The summed E-state index contributed by atoms with van der Waals surface area (Å²) < 4.78 is 41.9. The molecule has 15 heavy (non-hydrogen) atoms. The minimum absolute atomic E-state index is 0.184. The molecular weight excluding hydrogens is 237 g/mol. The highest BCUT2D eigenvalue weighted by atomic mass is 35.5. The van der Waals surface area contributed by atoms with Crippen LogP contribution in [0.15, 0.2) is 0 Å². The lowest BCUT2D eigenvalue weighted by Gasteiger charge is -2.06. The Hall–Kier alpha value is -0.490. The van der Waals surface area contributed by atoms with Gasteiger partial charge in [0, 0.05) is 6.42 Å². The molecule has 0 aliphatic rings. The highest BCUT2D eigenvalue weighted by Gasteiger charge is 2.28. The van der Waals surface area contributed by atoms with Gasteiger partial charge in [-0.25, -0.2) is 0 Å². The van der Waals surface area contributed by atoms with Crippen LogP contribution in [0.2, 0.25) is 0 Å². The third-order valence-electron chi connectivity index (χ3n) is 1.63. The van der Waals surface area contributed by atoms with Gasteiger partial charge in [-0.05, 0) is 12.8 Å². The summed E-state index contributed by atoms with van der Waals surface area (Å²) in [5.74, 6) is -0.525. The fraction of sp³-hybridized carbons (Fsp3) is 0.875. The molecular formula is C8H12ClF3O3. The van der Waals surface area contributed by atoms with E-state index >= 15 is 0 Å². The topological polar surface area (TPSA) is 35.5 Å². The summed E-state index contributed by atoms with van der Waals surface area (Å²) >= 11 is 4.77. The fourth-order valence-corrected chi connectivity index (χ4v) is 1.03. The second-order valence-electron chi connectivity index (χ2n) is 2.91. The van der Waals surface area contributed by atoms with Crippen molar-refractivity contribution in [2.45, 2.75) is 38.5 Å². The van der Waals surface area contributed by atoms with Crippen molar-refractivity contribution in [1.29, 1.82) is 0 Å². The number of alkyl halides is 3. The summed E-state index contributed by atoms with van der Waals surface area (Å²) in [6.07, 6.45) is -2.28. The molecule has 0 amide bonds. The van der Waals surface area contributed by atoms with Crippen LogP contribution < -0.4 is 0 Å². The average molecular weight is 249 g/mol. The molecule has 0 atom stereocenters. The molecule has 0 saturated carbocycles. The van der Waals surface area contributed by atoms with E-state index in [0.29, 0.717) is 25.7 Å². The first-order chi connectivity index (χ1) is 6.95. The number of unbranched alkanes of at least 4 members (excludes halogenated alkanes) is 3. The first-order valence-electron chi connectivity index (χ1n) is 4.48. The lowest BCUT2D eigenvalue weighted by molar-refractivity contribution is -0.324. The van der Waals surface area contributed by atoms with Gasteiger partial charge in [0.05, 0.1) is 6.61 Å². The molecule has 0 saturated heterocycles. The maximum absolute atomic E-state index is 11.5. The van der Waals surface area contributed by atoms with Gasteiger partial charge >= 0.3 is 12.3 Å². The molecule has 3 nitrogen and oxygen atoms in total. The van der Waals surface area contributed by atoms with Gasteiger partial charge in [-0.2, -0.15) is 0 Å². The third-order valence-corrected chi connectivity index (χ3v) is 1.80. The number of rotatable bonds is 7. The average Bonchev–Trinajstić information content (AvgIpc) is 2.14. The molecule has 7 heteroatoms. The first-order valence-corrected chi connectivity index (χ1v) is 4.78. The van der Waals surface area contributed by atoms with E-state index in [1.807, 2.05) is 0 Å². The van der Waals surface area contributed by atoms with Gasteiger partial charge in [0.2, 0.25) is 0 Å². The quantitative estimate of drug-likeness (QED) is 0.649. The Balaban J connectivity index is 3.16. The smallest absolute Gasteiger partial charge is 0.348 e. The molecule has 0 aromatic heterocycles. The zero-order chi connectivity index (χ0) is 11.7. The zero-order valence-electron chi connectivity index (χ0n) is 7.98. The van der Waals surface area contributed by atoms with Crippen LogP contribution in [0.5, 0.6) is 0 Å². The number of ether oxygens (including phenoxy) is 1. The van der Waals surface area contributed by atoms with Crippen molar-refractivity contribution in [3.8, 4) is 0 Å². The minimum Gasteiger partial charge on any atom is -0.348 e. The van der Waals surface area contributed by atoms with E-state index < -0.39 is 12.3 Å². The van der Waals surface area contributed by atoms with Crippen molar-refractivity contribution in [2.24, 2.45) is 0 Å². The molecule has 0 aliphatic carbocycles. The Labute approximate surface area is 90.7 Å². The summed E-state index contributed by atoms with van der Waals surface area (Å²) in [5, 5.41) is 0. The lowest BCUT2D eigenvalue weighted by Crippen LogP contribution is -2.13. The standard InChI is InChI=1S/C8H12ClF3O3/c9-15-7(13)5-3-1-2-4-6-14-8(10,11)12/h1-6H2. The highest BCUT2D eigenvalue weighted by molar-refractivity contribution is 6.13. The summed E-state index contributed by atoms with van der Waals surface area (Å²) in [6.45, 7) is -0.344. The van der Waals surface area contributed by atoms with E-state index in [1.54, 1.807) is 0 Å². The predicted molar refractivity (Wildman–Crippen MR) is 47.0 cm³/mol. The van der Waals surface area contributed by atoms with Crippen molar-refractivity contribution in [2.75, 3.05) is 6.61 Å². The molecule has 0 rings (SSSR count). The molecule has 0 aromatic carbocycles. The molecule has 0 unspecified atom stereocenters. The fourth-order valence-electron chi connectivity index (χ4n) is 0.951. The molecule has 0 fully saturated rings. The van der Waals surface area contributed by atoms with Gasteiger partial charge in [-0.1, -0.05) is 12.8 Å². The Kier molecular flexibility index (Phi) is 7.50. The van der Waals surface area contributed by atoms with E-state index in [4.69, 9.17) is 11.9 Å². The van der Waals surface area contributed by atoms with Crippen LogP contribution in [0.1, 0.15) is 32.1 Å². The van der Waals surface area contributed by atoms with Gasteiger partial charge in [0.15, 0.2) is 0 Å². The Morgan fingerprint density at radius 2 is 1.73 bits per heavy atom. The predicted octanol–water partition coefficient (Wildman–Crippen LogP) is 3.17. The first kappa shape index (κ1) is 14.5. The second-order valence-corrected chi connectivity index (χ2v) is 3.06. The second kappa shape index (κ2) is 7.76. The summed E-state index contributed by atoms with van der Waals surface area (Å²) in [4.78, 5) is 10.5. The minimum atomic E-state index is -4.55. The van der Waals surface area contributed by atoms with E-state index in [0.717, 1.165) is 0 Å². The third kappa shape index (κ3) is 11.4. The van der Waals surface area contributed by atoms with E-state index in [-0.39, 0.29) is 13.0 Å². The van der Waals surface area contributed by atoms with E-state index in [9.17, 15) is 18.0 Å². The molecule has 0 radical (unpaired) electrons. The van der Waals surface area contributed by atoms with Gasteiger partial charge in [0.25, 0.3) is 0 Å². The van der Waals surface area contributed by atoms with Crippen molar-refractivity contribution in [3.63, 3.8) is 0 Å². The molecule has 90 valence electrons. The van der Waals surface area contributed by atoms with E-state index in [1.165, 1.54) is 0 Å². The number of halogens is 4. The Bertz CT molecular complexity index is 184. The monoisotopic (exact) mass is 248 g/mol. The summed E-state index contributed by atoms with van der Waals surface area (Å²) in [7, 11) is 0. The van der Waals surface area contributed by atoms with E-state index in [2.05, 4.69) is 9.03 Å². The number of hydrogen-bond acceptors (Lipinski definition) is 3. The van der Waals surface area contributed by atoms with Crippen LogP contribution in [0, 0.1) is 0 Å². The Morgan fingerprint density at radius 3 is 2.27 bits per heavy atom. The van der Waals surface area contributed by atoms with Crippen molar-refractivity contribution in [1.82, 2.24) is 0 Å². The SMILES string of the molecule is O=C(CCCCCCOC(F)(F)F)OCl. The number of hydrogen-bond donors (Lipinski definition) is 0. The number of carbonyl (C=O) groups excluding carboxylic acids is 1. The normalized spacial score (nSPS) is 11.5. The van der Waals surface area contributed by atoms with Crippen LogP contribution in [0.25, 0.3) is 0 Å². The molecule has 0 spiro atoms. The van der Waals surface area contributed by atoms with Gasteiger partial charge in [-0.15, -0.1) is 13.2 Å². The van der Waals surface area contributed by atoms with Crippen molar-refractivity contribution < 1.29 is 27.0 Å². The maximum atomic E-state index is 11.5.